The van der Waals surface area contributed by atoms with Gasteiger partial charge >= 0.3 is 0 Å². The summed E-state index contributed by atoms with van der Waals surface area (Å²) in [4.78, 5) is 21.0. The smallest absolute Gasteiger partial charge is 0.260 e. The number of aromatic amines is 1. The summed E-state index contributed by atoms with van der Waals surface area (Å²) in [6.45, 7) is 7.98. The molecule has 1 aliphatic rings. The van der Waals surface area contributed by atoms with Gasteiger partial charge in [0.05, 0.1) is 22.5 Å². The molecular formula is C32H40N4O4S. The van der Waals surface area contributed by atoms with Gasteiger partial charge in [0.2, 0.25) is 10.0 Å². The molecule has 4 aromatic rings. The Hall–Kier alpha value is -3.43. The average molecular weight is 577 g/mol. The summed E-state index contributed by atoms with van der Waals surface area (Å²) in [5.41, 5.74) is 3.02. The van der Waals surface area contributed by atoms with E-state index >= 15 is 0 Å². The van der Waals surface area contributed by atoms with Gasteiger partial charge in [0.1, 0.15) is 17.2 Å². The van der Waals surface area contributed by atoms with Gasteiger partial charge in [0, 0.05) is 25.8 Å². The molecule has 0 atom stereocenters. The highest BCUT2D eigenvalue weighted by Crippen LogP contribution is 2.33. The van der Waals surface area contributed by atoms with E-state index < -0.39 is 10.0 Å². The maximum absolute atomic E-state index is 13.8. The van der Waals surface area contributed by atoms with E-state index in [0.29, 0.717) is 53.8 Å². The summed E-state index contributed by atoms with van der Waals surface area (Å²) >= 11 is 0. The lowest BCUT2D eigenvalue weighted by Gasteiger charge is -2.31. The first-order valence-electron chi connectivity index (χ1n) is 14.7. The van der Waals surface area contributed by atoms with E-state index in [1.807, 2.05) is 30.7 Å². The number of rotatable bonds is 11. The molecule has 1 N–H and O–H groups in total. The fourth-order valence-electron chi connectivity index (χ4n) is 5.89. The molecule has 1 fully saturated rings. The van der Waals surface area contributed by atoms with Crippen molar-refractivity contribution in [1.82, 2.24) is 18.8 Å². The number of hydrogen-bond donors (Lipinski definition) is 1. The standard InChI is InChI=1S/C32H40N4O4S/c1-4-18-35-22-23(3)29-31(35)33-30(34-32(29)37)27-21-26(14-15-28(27)40-5-2)41(38,39)36-19-16-25(17-20-36)13-9-12-24-10-7-6-8-11-24/h6-8,10-11,14-15,21-22,25H,4-5,9,12-13,16-20H2,1-3H3,(H,33,34,37). The van der Waals surface area contributed by atoms with Crippen molar-refractivity contribution < 1.29 is 13.2 Å². The second-order valence-corrected chi connectivity index (χ2v) is 12.9. The third-order valence-electron chi connectivity index (χ3n) is 8.02. The summed E-state index contributed by atoms with van der Waals surface area (Å²) in [7, 11) is -3.72. The van der Waals surface area contributed by atoms with Crippen molar-refractivity contribution in [1.29, 1.82) is 0 Å². The van der Waals surface area contributed by atoms with Gasteiger partial charge in [-0.05, 0) is 81.2 Å². The minimum Gasteiger partial charge on any atom is -0.493 e. The van der Waals surface area contributed by atoms with Crippen molar-refractivity contribution >= 4 is 21.1 Å². The Morgan fingerprint density at radius 1 is 1.07 bits per heavy atom. The van der Waals surface area contributed by atoms with Crippen LogP contribution in [0.1, 0.15) is 57.1 Å². The Morgan fingerprint density at radius 2 is 1.83 bits per heavy atom. The van der Waals surface area contributed by atoms with Crippen LogP contribution >= 0.6 is 0 Å². The van der Waals surface area contributed by atoms with Gasteiger partial charge in [-0.3, -0.25) is 4.79 Å². The largest absolute Gasteiger partial charge is 0.493 e. The van der Waals surface area contributed by atoms with E-state index in [2.05, 4.69) is 36.2 Å². The van der Waals surface area contributed by atoms with Gasteiger partial charge in [0.25, 0.3) is 5.56 Å². The Kier molecular flexibility index (Phi) is 8.94. The SMILES string of the molecule is CCCn1cc(C)c2c(=O)[nH]c(-c3cc(S(=O)(=O)N4CCC(CCCc5ccccc5)CC4)ccc3OCC)nc21. The van der Waals surface area contributed by atoms with Gasteiger partial charge in [-0.25, -0.2) is 13.4 Å². The van der Waals surface area contributed by atoms with Crippen molar-refractivity contribution in [2.75, 3.05) is 19.7 Å². The number of ether oxygens (including phenoxy) is 1. The predicted octanol–water partition coefficient (Wildman–Crippen LogP) is 5.93. The summed E-state index contributed by atoms with van der Waals surface area (Å²) in [6, 6.07) is 15.4. The molecule has 0 spiro atoms. The van der Waals surface area contributed by atoms with Crippen LogP contribution in [0.4, 0.5) is 0 Å². The monoisotopic (exact) mass is 576 g/mol. The number of aromatic nitrogens is 3. The number of H-pyrrole nitrogens is 1. The molecule has 2 aromatic heterocycles. The van der Waals surface area contributed by atoms with Crippen LogP contribution in [-0.2, 0) is 23.0 Å². The van der Waals surface area contributed by atoms with Crippen molar-refractivity contribution in [2.45, 2.75) is 70.7 Å². The summed E-state index contributed by atoms with van der Waals surface area (Å²) in [5, 5.41) is 0.551. The van der Waals surface area contributed by atoms with Gasteiger partial charge in [-0.15, -0.1) is 0 Å². The Morgan fingerprint density at radius 3 is 2.54 bits per heavy atom. The fourth-order valence-corrected chi connectivity index (χ4v) is 7.38. The second-order valence-electron chi connectivity index (χ2n) is 10.9. The zero-order valence-electron chi connectivity index (χ0n) is 24.2. The number of nitrogens with one attached hydrogen (secondary N) is 1. The van der Waals surface area contributed by atoms with Crippen molar-refractivity contribution in [2.24, 2.45) is 5.92 Å². The number of nitrogens with zero attached hydrogens (tertiary/aromatic N) is 3. The third-order valence-corrected chi connectivity index (χ3v) is 9.91. The molecule has 0 radical (unpaired) electrons. The first-order chi connectivity index (χ1) is 19.8. The highest BCUT2D eigenvalue weighted by Gasteiger charge is 2.30. The number of piperidine rings is 1. The number of sulfonamides is 1. The Balaban J connectivity index is 1.37. The first-order valence-corrected chi connectivity index (χ1v) is 16.2. The normalized spacial score (nSPS) is 15.0. The lowest BCUT2D eigenvalue weighted by Crippen LogP contribution is -2.38. The van der Waals surface area contributed by atoms with E-state index in [4.69, 9.17) is 9.72 Å². The van der Waals surface area contributed by atoms with Crippen molar-refractivity contribution in [3.05, 3.63) is 76.2 Å². The van der Waals surface area contributed by atoms with Crippen molar-refractivity contribution in [3.63, 3.8) is 0 Å². The molecule has 0 aliphatic carbocycles. The summed E-state index contributed by atoms with van der Waals surface area (Å²) in [6.07, 6.45) is 7.83. The number of fused-ring (bicyclic) bond motifs is 1. The highest BCUT2D eigenvalue weighted by molar-refractivity contribution is 7.89. The predicted molar refractivity (Wildman–Crippen MR) is 163 cm³/mol. The molecule has 9 heteroatoms. The van der Waals surface area contributed by atoms with Gasteiger partial charge in [0.15, 0.2) is 0 Å². The van der Waals surface area contributed by atoms with Crippen LogP contribution in [-0.4, -0.2) is 47.0 Å². The van der Waals surface area contributed by atoms with Crippen molar-refractivity contribution in [3.8, 4) is 17.1 Å². The molecule has 0 saturated carbocycles. The molecule has 1 saturated heterocycles. The molecule has 218 valence electrons. The van der Waals surface area contributed by atoms with E-state index in [1.54, 1.807) is 22.5 Å². The molecule has 5 rings (SSSR count). The van der Waals surface area contributed by atoms with Crippen LogP contribution in [0, 0.1) is 12.8 Å². The fraction of sp³-hybridized carbons (Fsp3) is 0.438. The molecule has 0 unspecified atom stereocenters. The van der Waals surface area contributed by atoms with Crippen LogP contribution in [0.3, 0.4) is 0 Å². The third kappa shape index (κ3) is 6.26. The summed E-state index contributed by atoms with van der Waals surface area (Å²) < 4.78 is 36.9. The minimum atomic E-state index is -3.72. The highest BCUT2D eigenvalue weighted by atomic mass is 32.2. The van der Waals surface area contributed by atoms with E-state index in [1.165, 1.54) is 5.56 Å². The van der Waals surface area contributed by atoms with Gasteiger partial charge < -0.3 is 14.3 Å². The van der Waals surface area contributed by atoms with Crippen LogP contribution in [0.2, 0.25) is 0 Å². The average Bonchev–Trinajstić information content (AvgIpc) is 3.29. The summed E-state index contributed by atoms with van der Waals surface area (Å²) in [5.74, 6) is 1.32. The second kappa shape index (κ2) is 12.6. The van der Waals surface area contributed by atoms with Crippen LogP contribution in [0.15, 0.2) is 64.4 Å². The molecular weight excluding hydrogens is 536 g/mol. The Labute approximate surface area is 242 Å². The minimum absolute atomic E-state index is 0.182. The lowest BCUT2D eigenvalue weighted by molar-refractivity contribution is 0.260. The van der Waals surface area contributed by atoms with Gasteiger partial charge in [-0.2, -0.15) is 4.31 Å². The first kappa shape index (κ1) is 29.1. The number of benzene rings is 2. The van der Waals surface area contributed by atoms with Crippen LogP contribution in [0.25, 0.3) is 22.4 Å². The lowest BCUT2D eigenvalue weighted by atomic mass is 9.91. The molecule has 2 aromatic carbocycles. The number of aryl methyl sites for hydroxylation is 3. The molecule has 41 heavy (non-hydrogen) atoms. The zero-order valence-corrected chi connectivity index (χ0v) is 25.0. The van der Waals surface area contributed by atoms with Crippen LogP contribution < -0.4 is 10.3 Å². The maximum Gasteiger partial charge on any atom is 0.260 e. The van der Waals surface area contributed by atoms with E-state index in [0.717, 1.165) is 50.6 Å². The molecule has 0 bridgehead atoms. The Bertz CT molecular complexity index is 1650. The number of hydrogen-bond acceptors (Lipinski definition) is 5. The molecule has 8 nitrogen and oxygen atoms in total. The maximum atomic E-state index is 13.8. The van der Waals surface area contributed by atoms with E-state index in [9.17, 15) is 13.2 Å². The molecule has 3 heterocycles. The van der Waals surface area contributed by atoms with Gasteiger partial charge in [-0.1, -0.05) is 43.7 Å². The topological polar surface area (TPSA) is 97.3 Å². The zero-order chi connectivity index (χ0) is 29.0. The quantitative estimate of drug-likeness (QED) is 0.239. The molecule has 0 amide bonds. The van der Waals surface area contributed by atoms with Crippen LogP contribution in [0.5, 0.6) is 5.75 Å². The molecule has 1 aliphatic heterocycles. The van der Waals surface area contributed by atoms with E-state index in [-0.39, 0.29) is 10.5 Å².